The van der Waals surface area contributed by atoms with Gasteiger partial charge in [-0.15, -0.1) is 0 Å². The first-order chi connectivity index (χ1) is 9.46. The van der Waals surface area contributed by atoms with E-state index in [-0.39, 0.29) is 11.9 Å². The van der Waals surface area contributed by atoms with Crippen molar-refractivity contribution in [3.63, 3.8) is 0 Å². The summed E-state index contributed by atoms with van der Waals surface area (Å²) in [5.74, 6) is -0.986. The SMILES string of the molecule is CCCCCC(=O)N(O)C1CCC(CC)(C(=O)O)CC1. The minimum Gasteiger partial charge on any atom is -0.481 e. The molecule has 0 bridgehead atoms. The summed E-state index contributed by atoms with van der Waals surface area (Å²) < 4.78 is 0. The Hall–Kier alpha value is -1.10. The van der Waals surface area contributed by atoms with Crippen LogP contribution in [0.3, 0.4) is 0 Å². The quantitative estimate of drug-likeness (QED) is 0.428. The molecule has 1 rings (SSSR count). The van der Waals surface area contributed by atoms with Gasteiger partial charge in [-0.3, -0.25) is 14.8 Å². The maximum Gasteiger partial charge on any atom is 0.309 e. The normalized spacial score (nSPS) is 26.2. The average molecular weight is 285 g/mol. The molecule has 0 aromatic carbocycles. The Labute approximate surface area is 120 Å². The molecule has 2 N–H and O–H groups in total. The Bertz CT molecular complexity index is 335. The second kappa shape index (κ2) is 7.62. The molecule has 20 heavy (non-hydrogen) atoms. The number of hydrogen-bond donors (Lipinski definition) is 2. The molecule has 0 aromatic rings. The van der Waals surface area contributed by atoms with Crippen LogP contribution >= 0.6 is 0 Å². The lowest BCUT2D eigenvalue weighted by Crippen LogP contribution is -2.44. The number of nitrogens with zero attached hydrogens (tertiary/aromatic N) is 1. The number of amides is 1. The molecule has 1 aliphatic carbocycles. The van der Waals surface area contributed by atoms with Crippen molar-refractivity contribution in [2.75, 3.05) is 0 Å². The number of hydroxylamine groups is 2. The zero-order valence-corrected chi connectivity index (χ0v) is 12.6. The average Bonchev–Trinajstić information content (AvgIpc) is 2.46. The van der Waals surface area contributed by atoms with E-state index in [4.69, 9.17) is 0 Å². The summed E-state index contributed by atoms with van der Waals surface area (Å²) in [5, 5.41) is 20.1. The maximum atomic E-state index is 11.8. The van der Waals surface area contributed by atoms with Gasteiger partial charge in [-0.1, -0.05) is 26.7 Å². The predicted octanol–water partition coefficient (Wildman–Crippen LogP) is 3.21. The summed E-state index contributed by atoms with van der Waals surface area (Å²) in [6.07, 6.45) is 6.00. The lowest BCUT2D eigenvalue weighted by molar-refractivity contribution is -0.182. The van der Waals surface area contributed by atoms with E-state index in [2.05, 4.69) is 6.92 Å². The standard InChI is InChI=1S/C15H27NO4/c1-3-5-6-7-13(17)16(20)12-8-10-15(4-2,11-9-12)14(18)19/h12,20H,3-11H2,1-2H3,(H,18,19). The van der Waals surface area contributed by atoms with Gasteiger partial charge >= 0.3 is 5.97 Å². The Morgan fingerprint density at radius 1 is 1.20 bits per heavy atom. The van der Waals surface area contributed by atoms with Gasteiger partial charge in [0.05, 0.1) is 11.5 Å². The fourth-order valence-corrected chi connectivity index (χ4v) is 2.96. The highest BCUT2D eigenvalue weighted by molar-refractivity contribution is 5.76. The minimum absolute atomic E-state index is 0.219. The van der Waals surface area contributed by atoms with Crippen molar-refractivity contribution in [2.24, 2.45) is 5.41 Å². The predicted molar refractivity (Wildman–Crippen MR) is 75.4 cm³/mol. The molecule has 1 aliphatic rings. The number of unbranched alkanes of at least 4 members (excludes halogenated alkanes) is 2. The highest BCUT2D eigenvalue weighted by atomic mass is 16.5. The summed E-state index contributed by atoms with van der Waals surface area (Å²) >= 11 is 0. The first-order valence-electron chi connectivity index (χ1n) is 7.71. The fraction of sp³-hybridized carbons (Fsp3) is 0.867. The molecule has 0 aromatic heterocycles. The molecular weight excluding hydrogens is 258 g/mol. The molecule has 1 fully saturated rings. The molecule has 5 nitrogen and oxygen atoms in total. The van der Waals surface area contributed by atoms with Crippen LogP contribution in [0.15, 0.2) is 0 Å². The van der Waals surface area contributed by atoms with E-state index in [1.807, 2.05) is 6.92 Å². The van der Waals surface area contributed by atoms with E-state index in [0.717, 1.165) is 24.3 Å². The molecule has 0 unspecified atom stereocenters. The molecule has 0 saturated heterocycles. The van der Waals surface area contributed by atoms with Gasteiger partial charge in [0, 0.05) is 6.42 Å². The number of carbonyl (C=O) groups is 2. The first-order valence-corrected chi connectivity index (χ1v) is 7.71. The van der Waals surface area contributed by atoms with Crippen LogP contribution in [0.1, 0.15) is 71.6 Å². The third-order valence-electron chi connectivity index (χ3n) is 4.64. The Balaban J connectivity index is 2.48. The van der Waals surface area contributed by atoms with Gasteiger partial charge in [0.1, 0.15) is 0 Å². The van der Waals surface area contributed by atoms with E-state index in [1.165, 1.54) is 0 Å². The Kier molecular flexibility index (Phi) is 6.46. The van der Waals surface area contributed by atoms with Crippen molar-refractivity contribution in [3.8, 4) is 0 Å². The summed E-state index contributed by atoms with van der Waals surface area (Å²) in [6, 6.07) is -0.219. The van der Waals surface area contributed by atoms with E-state index < -0.39 is 11.4 Å². The Morgan fingerprint density at radius 3 is 2.25 bits per heavy atom. The van der Waals surface area contributed by atoms with Crippen LogP contribution in [0, 0.1) is 5.41 Å². The Morgan fingerprint density at radius 2 is 1.80 bits per heavy atom. The topological polar surface area (TPSA) is 77.8 Å². The zero-order chi connectivity index (χ0) is 15.2. The molecule has 1 amide bonds. The van der Waals surface area contributed by atoms with Gasteiger partial charge < -0.3 is 5.11 Å². The van der Waals surface area contributed by atoms with Crippen molar-refractivity contribution < 1.29 is 19.9 Å². The van der Waals surface area contributed by atoms with Gasteiger partial charge in [-0.2, -0.15) is 0 Å². The van der Waals surface area contributed by atoms with Crippen LogP contribution in [-0.4, -0.2) is 33.3 Å². The van der Waals surface area contributed by atoms with E-state index in [0.29, 0.717) is 38.5 Å². The van der Waals surface area contributed by atoms with Crippen LogP contribution in [-0.2, 0) is 9.59 Å². The second-order valence-corrected chi connectivity index (χ2v) is 5.87. The second-order valence-electron chi connectivity index (χ2n) is 5.87. The number of carbonyl (C=O) groups excluding carboxylic acids is 1. The highest BCUT2D eigenvalue weighted by Gasteiger charge is 2.42. The highest BCUT2D eigenvalue weighted by Crippen LogP contribution is 2.40. The van der Waals surface area contributed by atoms with Gasteiger partial charge in [0.25, 0.3) is 0 Å². The van der Waals surface area contributed by atoms with Crippen LogP contribution in [0.5, 0.6) is 0 Å². The van der Waals surface area contributed by atoms with Crippen molar-refractivity contribution >= 4 is 11.9 Å². The number of carboxylic acids is 1. The van der Waals surface area contributed by atoms with Crippen LogP contribution in [0.4, 0.5) is 0 Å². The van der Waals surface area contributed by atoms with Crippen molar-refractivity contribution in [3.05, 3.63) is 0 Å². The molecular formula is C15H27NO4. The van der Waals surface area contributed by atoms with E-state index in [9.17, 15) is 19.9 Å². The molecule has 0 atom stereocenters. The van der Waals surface area contributed by atoms with E-state index >= 15 is 0 Å². The molecule has 1 saturated carbocycles. The summed E-state index contributed by atoms with van der Waals surface area (Å²) in [4.78, 5) is 23.2. The van der Waals surface area contributed by atoms with Crippen LogP contribution in [0.25, 0.3) is 0 Å². The first kappa shape index (κ1) is 17.0. The van der Waals surface area contributed by atoms with Gasteiger partial charge in [0.2, 0.25) is 5.91 Å². The lowest BCUT2D eigenvalue weighted by atomic mass is 9.70. The zero-order valence-electron chi connectivity index (χ0n) is 12.6. The van der Waals surface area contributed by atoms with Gasteiger partial charge in [-0.05, 0) is 38.5 Å². The number of rotatable bonds is 7. The smallest absolute Gasteiger partial charge is 0.309 e. The van der Waals surface area contributed by atoms with Gasteiger partial charge in [-0.25, -0.2) is 5.06 Å². The van der Waals surface area contributed by atoms with Crippen molar-refractivity contribution in [1.29, 1.82) is 0 Å². The largest absolute Gasteiger partial charge is 0.481 e. The van der Waals surface area contributed by atoms with Gasteiger partial charge in [0.15, 0.2) is 0 Å². The summed E-state index contributed by atoms with van der Waals surface area (Å²) in [7, 11) is 0. The third kappa shape index (κ3) is 3.95. The van der Waals surface area contributed by atoms with Crippen molar-refractivity contribution in [2.45, 2.75) is 77.7 Å². The summed E-state index contributed by atoms with van der Waals surface area (Å²) in [6.45, 7) is 3.96. The molecule has 0 heterocycles. The maximum absolute atomic E-state index is 11.8. The number of hydrogen-bond acceptors (Lipinski definition) is 3. The van der Waals surface area contributed by atoms with Crippen LogP contribution < -0.4 is 0 Å². The number of aliphatic carboxylic acids is 1. The molecule has 0 spiro atoms. The third-order valence-corrected chi connectivity index (χ3v) is 4.64. The molecule has 5 heteroatoms. The monoisotopic (exact) mass is 285 g/mol. The number of carboxylic acid groups (broad SMARTS) is 1. The van der Waals surface area contributed by atoms with Crippen molar-refractivity contribution in [1.82, 2.24) is 5.06 Å². The van der Waals surface area contributed by atoms with Crippen LogP contribution in [0.2, 0.25) is 0 Å². The molecule has 116 valence electrons. The molecule has 0 aliphatic heterocycles. The minimum atomic E-state index is -0.753. The van der Waals surface area contributed by atoms with E-state index in [1.54, 1.807) is 0 Å². The summed E-state index contributed by atoms with van der Waals surface area (Å²) in [5.41, 5.74) is -0.664. The fourth-order valence-electron chi connectivity index (χ4n) is 2.96. The lowest BCUT2D eigenvalue weighted by Gasteiger charge is -2.38. The molecule has 0 radical (unpaired) electrons.